The molecular weight excluding hydrogens is 267 g/mol. The molecule has 0 bridgehead atoms. The summed E-state index contributed by atoms with van der Waals surface area (Å²) in [5, 5.41) is 0.457. The molecule has 17 heavy (non-hydrogen) atoms. The van der Waals surface area contributed by atoms with Gasteiger partial charge in [0.2, 0.25) is 0 Å². The molecule has 0 aliphatic carbocycles. The van der Waals surface area contributed by atoms with Crippen molar-refractivity contribution in [3.63, 3.8) is 0 Å². The summed E-state index contributed by atoms with van der Waals surface area (Å²) in [5.74, 6) is -1.34. The van der Waals surface area contributed by atoms with E-state index < -0.39 is 11.6 Å². The summed E-state index contributed by atoms with van der Waals surface area (Å²) in [6, 6.07) is 6.66. The normalized spacial score (nSPS) is 10.6. The van der Waals surface area contributed by atoms with Crippen molar-refractivity contribution in [3.8, 4) is 11.1 Å². The van der Waals surface area contributed by atoms with E-state index in [1.165, 1.54) is 0 Å². The van der Waals surface area contributed by atoms with Crippen molar-refractivity contribution in [2.45, 2.75) is 0 Å². The van der Waals surface area contributed by atoms with Crippen molar-refractivity contribution in [3.05, 3.63) is 52.0 Å². The molecule has 0 aliphatic heterocycles. The lowest BCUT2D eigenvalue weighted by molar-refractivity contribution is 0.607. The van der Waals surface area contributed by atoms with Crippen LogP contribution in [0.4, 0.5) is 14.5 Å². The van der Waals surface area contributed by atoms with Crippen LogP contribution < -0.4 is 5.73 Å². The predicted molar refractivity (Wildman–Crippen MR) is 66.2 cm³/mol. The summed E-state index contributed by atoms with van der Waals surface area (Å²) >= 11 is 11.8. The lowest BCUT2D eigenvalue weighted by Crippen LogP contribution is -1.95. The fourth-order valence-corrected chi connectivity index (χ4v) is 1.88. The van der Waals surface area contributed by atoms with Gasteiger partial charge in [-0.3, -0.25) is 0 Å². The first kappa shape index (κ1) is 12.1. The van der Waals surface area contributed by atoms with E-state index in [9.17, 15) is 8.78 Å². The van der Waals surface area contributed by atoms with Crippen LogP contribution in [0.15, 0.2) is 30.3 Å². The molecule has 2 aromatic carbocycles. The molecule has 0 heterocycles. The molecule has 0 atom stereocenters. The van der Waals surface area contributed by atoms with Crippen molar-refractivity contribution in [1.29, 1.82) is 0 Å². The van der Waals surface area contributed by atoms with Gasteiger partial charge >= 0.3 is 0 Å². The monoisotopic (exact) mass is 273 g/mol. The van der Waals surface area contributed by atoms with Gasteiger partial charge in [0, 0.05) is 17.2 Å². The first-order chi connectivity index (χ1) is 8.00. The van der Waals surface area contributed by atoms with E-state index in [0.29, 0.717) is 5.56 Å². The lowest BCUT2D eigenvalue weighted by atomic mass is 10.0. The Morgan fingerprint density at radius 3 is 2.35 bits per heavy atom. The number of nitrogens with two attached hydrogens (primary N) is 1. The molecule has 2 N–H and O–H groups in total. The Morgan fingerprint density at radius 2 is 1.65 bits per heavy atom. The maximum atomic E-state index is 13.7. The van der Waals surface area contributed by atoms with Gasteiger partial charge in [0.15, 0.2) is 0 Å². The van der Waals surface area contributed by atoms with Crippen LogP contribution in [0.3, 0.4) is 0 Å². The van der Waals surface area contributed by atoms with Crippen LogP contribution in [0.25, 0.3) is 11.1 Å². The first-order valence-corrected chi connectivity index (χ1v) is 5.45. The van der Waals surface area contributed by atoms with E-state index in [2.05, 4.69) is 0 Å². The Balaban J connectivity index is 2.69. The number of anilines is 1. The van der Waals surface area contributed by atoms with Crippen molar-refractivity contribution < 1.29 is 8.78 Å². The molecule has 0 fully saturated rings. The van der Waals surface area contributed by atoms with Gasteiger partial charge in [-0.1, -0.05) is 35.3 Å². The number of rotatable bonds is 1. The molecule has 0 radical (unpaired) electrons. The molecule has 0 unspecified atom stereocenters. The Kier molecular flexibility index (Phi) is 3.22. The average Bonchev–Trinajstić information content (AvgIpc) is 2.28. The van der Waals surface area contributed by atoms with Crippen LogP contribution in [0, 0.1) is 11.6 Å². The van der Waals surface area contributed by atoms with Gasteiger partial charge in [-0.05, 0) is 12.1 Å². The van der Waals surface area contributed by atoms with Crippen LogP contribution in [-0.2, 0) is 0 Å². The number of hydrogen-bond donors (Lipinski definition) is 1. The minimum atomic E-state index is -0.697. The fourth-order valence-electron chi connectivity index (χ4n) is 1.48. The van der Waals surface area contributed by atoms with Crippen molar-refractivity contribution in [1.82, 2.24) is 0 Å². The second-order valence-corrected chi connectivity index (χ2v) is 4.24. The number of hydrogen-bond acceptors (Lipinski definition) is 1. The van der Waals surface area contributed by atoms with Gasteiger partial charge < -0.3 is 5.73 Å². The van der Waals surface area contributed by atoms with Crippen LogP contribution in [-0.4, -0.2) is 0 Å². The summed E-state index contributed by atoms with van der Waals surface area (Å²) in [6.07, 6.45) is 0. The highest BCUT2D eigenvalue weighted by molar-refractivity contribution is 6.43. The van der Waals surface area contributed by atoms with E-state index >= 15 is 0 Å². The van der Waals surface area contributed by atoms with Crippen LogP contribution in [0.1, 0.15) is 0 Å². The maximum Gasteiger partial charge on any atom is 0.146 e. The Bertz CT molecular complexity index is 585. The van der Waals surface area contributed by atoms with Gasteiger partial charge in [-0.15, -0.1) is 0 Å². The Morgan fingerprint density at radius 1 is 0.941 bits per heavy atom. The van der Waals surface area contributed by atoms with Gasteiger partial charge in [0.05, 0.1) is 15.7 Å². The molecule has 5 heteroatoms. The quantitative estimate of drug-likeness (QED) is 0.760. The standard InChI is InChI=1S/C12H7Cl2F2N/c13-8-3-1-2-6(12(8)14)7-4-10(16)11(17)5-9(7)15/h1-5H,17H2. The van der Waals surface area contributed by atoms with Crippen molar-refractivity contribution in [2.75, 3.05) is 5.73 Å². The van der Waals surface area contributed by atoms with Gasteiger partial charge in [0.1, 0.15) is 11.6 Å². The van der Waals surface area contributed by atoms with E-state index in [-0.39, 0.29) is 21.3 Å². The van der Waals surface area contributed by atoms with E-state index in [0.717, 1.165) is 12.1 Å². The van der Waals surface area contributed by atoms with Gasteiger partial charge in [-0.2, -0.15) is 0 Å². The highest BCUT2D eigenvalue weighted by atomic mass is 35.5. The molecule has 0 aliphatic rings. The van der Waals surface area contributed by atoms with Crippen LogP contribution in [0.2, 0.25) is 10.0 Å². The minimum absolute atomic E-state index is 0.0317. The zero-order chi connectivity index (χ0) is 12.6. The van der Waals surface area contributed by atoms with Gasteiger partial charge in [0.25, 0.3) is 0 Å². The second-order valence-electron chi connectivity index (χ2n) is 3.45. The molecule has 0 saturated heterocycles. The predicted octanol–water partition coefficient (Wildman–Crippen LogP) is 4.52. The molecule has 2 aromatic rings. The summed E-state index contributed by atoms with van der Waals surface area (Å²) in [7, 11) is 0. The van der Waals surface area contributed by atoms with Crippen molar-refractivity contribution in [2.24, 2.45) is 0 Å². The van der Waals surface area contributed by atoms with E-state index in [1.54, 1.807) is 18.2 Å². The molecule has 0 spiro atoms. The van der Waals surface area contributed by atoms with Crippen molar-refractivity contribution >= 4 is 28.9 Å². The third-order valence-corrected chi connectivity index (χ3v) is 3.15. The zero-order valence-electron chi connectivity index (χ0n) is 8.48. The summed E-state index contributed by atoms with van der Waals surface area (Å²) < 4.78 is 27.0. The summed E-state index contributed by atoms with van der Waals surface area (Å²) in [4.78, 5) is 0. The largest absolute Gasteiger partial charge is 0.396 e. The molecule has 1 nitrogen and oxygen atoms in total. The number of benzene rings is 2. The van der Waals surface area contributed by atoms with Gasteiger partial charge in [-0.25, -0.2) is 8.78 Å². The number of nitrogen functional groups attached to an aromatic ring is 1. The highest BCUT2D eigenvalue weighted by Gasteiger charge is 2.13. The molecule has 88 valence electrons. The second kappa shape index (κ2) is 4.51. The summed E-state index contributed by atoms with van der Waals surface area (Å²) in [6.45, 7) is 0. The highest BCUT2D eigenvalue weighted by Crippen LogP contribution is 2.35. The Hall–Kier alpha value is -1.32. The molecule has 2 rings (SSSR count). The topological polar surface area (TPSA) is 26.0 Å². The van der Waals surface area contributed by atoms with E-state index in [4.69, 9.17) is 28.9 Å². The number of halogens is 4. The molecule has 0 amide bonds. The third-order valence-electron chi connectivity index (χ3n) is 2.33. The maximum absolute atomic E-state index is 13.7. The summed E-state index contributed by atoms with van der Waals surface area (Å²) in [5.41, 5.74) is 5.38. The van der Waals surface area contributed by atoms with Crippen LogP contribution >= 0.6 is 23.2 Å². The molecular formula is C12H7Cl2F2N. The van der Waals surface area contributed by atoms with E-state index in [1.807, 2.05) is 0 Å². The first-order valence-electron chi connectivity index (χ1n) is 4.69. The minimum Gasteiger partial charge on any atom is -0.396 e. The smallest absolute Gasteiger partial charge is 0.146 e. The lowest BCUT2D eigenvalue weighted by Gasteiger charge is -2.08. The molecule has 0 aromatic heterocycles. The average molecular weight is 274 g/mol. The zero-order valence-corrected chi connectivity index (χ0v) is 9.99. The Labute approximate surface area is 107 Å². The molecule has 0 saturated carbocycles. The SMILES string of the molecule is Nc1cc(F)c(-c2cccc(Cl)c2Cl)cc1F. The van der Waals surface area contributed by atoms with Crippen LogP contribution in [0.5, 0.6) is 0 Å². The fraction of sp³-hybridized carbons (Fsp3) is 0. The third kappa shape index (κ3) is 2.21.